The van der Waals surface area contributed by atoms with Gasteiger partial charge in [0.15, 0.2) is 0 Å². The third-order valence-electron chi connectivity index (χ3n) is 4.81. The molecule has 0 aliphatic heterocycles. The fourth-order valence-electron chi connectivity index (χ4n) is 3.46. The molecule has 2 aromatic rings. The number of aromatic nitrogens is 3. The lowest BCUT2D eigenvalue weighted by molar-refractivity contribution is -0.131. The van der Waals surface area contributed by atoms with Crippen LogP contribution in [0.3, 0.4) is 0 Å². The Morgan fingerprint density at radius 2 is 1.64 bits per heavy atom. The minimum atomic E-state index is -0.417. The van der Waals surface area contributed by atoms with E-state index in [1.54, 1.807) is 13.2 Å². The summed E-state index contributed by atoms with van der Waals surface area (Å²) in [5.74, 6) is 0.375. The van der Waals surface area contributed by atoms with Gasteiger partial charge in [-0.25, -0.2) is 9.78 Å². The van der Waals surface area contributed by atoms with Crippen LogP contribution in [0.5, 0.6) is 0 Å². The number of hydrogen-bond donors (Lipinski definition) is 0. The summed E-state index contributed by atoms with van der Waals surface area (Å²) in [6.45, 7) is 12.0. The van der Waals surface area contributed by atoms with Crippen molar-refractivity contribution in [2.75, 3.05) is 5.75 Å². The van der Waals surface area contributed by atoms with Crippen LogP contribution in [0.2, 0.25) is 0 Å². The van der Waals surface area contributed by atoms with Crippen LogP contribution in [-0.4, -0.2) is 42.8 Å². The van der Waals surface area contributed by atoms with Crippen molar-refractivity contribution in [3.63, 3.8) is 0 Å². The first kappa shape index (κ1) is 22.2. The van der Waals surface area contributed by atoms with Crippen molar-refractivity contribution in [3.8, 4) is 0 Å². The maximum atomic E-state index is 12.9. The van der Waals surface area contributed by atoms with Crippen molar-refractivity contribution in [2.24, 2.45) is 14.1 Å². The highest BCUT2D eigenvalue weighted by Gasteiger charge is 2.23. The highest BCUT2D eigenvalue weighted by molar-refractivity contribution is 8.00. The average molecular weight is 407 g/mol. The standard InChI is InChI=1S/C20H30N4O3S/c1-11(2)14-9-21-18-16(19(26)23(8)20(27)22(18)7)17(14)28-10-15(25)24(12(3)4)13(5)6/h9,11-13H,10H2,1-8H3. The topological polar surface area (TPSA) is 77.2 Å². The Kier molecular flexibility index (Phi) is 6.75. The van der Waals surface area contributed by atoms with Gasteiger partial charge in [-0.15, -0.1) is 11.8 Å². The van der Waals surface area contributed by atoms with Crippen LogP contribution in [0.15, 0.2) is 20.7 Å². The molecule has 0 aliphatic carbocycles. The largest absolute Gasteiger partial charge is 0.337 e. The minimum absolute atomic E-state index is 0.0244. The molecule has 0 spiro atoms. The summed E-state index contributed by atoms with van der Waals surface area (Å²) in [5, 5.41) is 0.397. The third kappa shape index (κ3) is 4.01. The molecule has 0 unspecified atom stereocenters. The predicted octanol–water partition coefficient (Wildman–Crippen LogP) is 2.49. The Morgan fingerprint density at radius 3 is 2.14 bits per heavy atom. The number of amides is 1. The van der Waals surface area contributed by atoms with E-state index in [0.717, 1.165) is 15.0 Å². The zero-order valence-electron chi connectivity index (χ0n) is 17.9. The van der Waals surface area contributed by atoms with Crippen molar-refractivity contribution >= 4 is 28.7 Å². The molecule has 2 aromatic heterocycles. The SMILES string of the molecule is CC(C)c1cnc2c(c1SCC(=O)N(C(C)C)C(C)C)c(=O)n(C)c(=O)n2C. The maximum absolute atomic E-state index is 12.9. The molecule has 0 aromatic carbocycles. The molecule has 2 rings (SSSR count). The molecule has 0 saturated carbocycles. The van der Waals surface area contributed by atoms with E-state index in [4.69, 9.17) is 0 Å². The number of hydrogen-bond acceptors (Lipinski definition) is 5. The summed E-state index contributed by atoms with van der Waals surface area (Å²) in [7, 11) is 3.07. The molecule has 7 nitrogen and oxygen atoms in total. The highest BCUT2D eigenvalue weighted by Crippen LogP contribution is 2.32. The van der Waals surface area contributed by atoms with Crippen molar-refractivity contribution in [2.45, 2.75) is 64.4 Å². The quantitative estimate of drug-likeness (QED) is 0.689. The molecule has 0 N–H and O–H groups in total. The van der Waals surface area contributed by atoms with Crippen LogP contribution in [-0.2, 0) is 18.9 Å². The van der Waals surface area contributed by atoms with Crippen LogP contribution in [0.25, 0.3) is 11.0 Å². The van der Waals surface area contributed by atoms with Crippen LogP contribution >= 0.6 is 11.8 Å². The molecule has 28 heavy (non-hydrogen) atoms. The van der Waals surface area contributed by atoms with E-state index in [-0.39, 0.29) is 35.2 Å². The summed E-state index contributed by atoms with van der Waals surface area (Å²) in [5.41, 5.74) is 0.450. The fourth-order valence-corrected chi connectivity index (χ4v) is 4.66. The molecule has 0 saturated heterocycles. The lowest BCUT2D eigenvalue weighted by Crippen LogP contribution is -2.43. The van der Waals surface area contributed by atoms with Crippen LogP contribution < -0.4 is 11.2 Å². The second-order valence-electron chi connectivity index (χ2n) is 7.88. The maximum Gasteiger partial charge on any atom is 0.332 e. The Morgan fingerprint density at radius 1 is 1.07 bits per heavy atom. The van der Waals surface area contributed by atoms with Gasteiger partial charge >= 0.3 is 5.69 Å². The minimum Gasteiger partial charge on any atom is -0.337 e. The average Bonchev–Trinajstić information content (AvgIpc) is 2.61. The number of carbonyl (C=O) groups is 1. The van der Waals surface area contributed by atoms with Crippen molar-refractivity contribution in [1.82, 2.24) is 19.0 Å². The van der Waals surface area contributed by atoms with Gasteiger partial charge in [0.1, 0.15) is 5.65 Å². The molecule has 0 atom stereocenters. The zero-order chi connectivity index (χ0) is 21.3. The van der Waals surface area contributed by atoms with E-state index in [1.165, 1.54) is 23.4 Å². The second kappa shape index (κ2) is 8.51. The van der Waals surface area contributed by atoms with E-state index in [1.807, 2.05) is 46.4 Å². The van der Waals surface area contributed by atoms with E-state index < -0.39 is 5.69 Å². The molecule has 2 heterocycles. The van der Waals surface area contributed by atoms with Crippen LogP contribution in [0.1, 0.15) is 53.0 Å². The van der Waals surface area contributed by atoms with Gasteiger partial charge in [0.25, 0.3) is 5.56 Å². The van der Waals surface area contributed by atoms with Gasteiger partial charge < -0.3 is 4.90 Å². The Bertz CT molecular complexity index is 997. The molecular formula is C20H30N4O3S. The van der Waals surface area contributed by atoms with Gasteiger partial charge in [-0.2, -0.15) is 0 Å². The van der Waals surface area contributed by atoms with Crippen molar-refractivity contribution in [1.29, 1.82) is 0 Å². The van der Waals surface area contributed by atoms with E-state index >= 15 is 0 Å². The molecule has 154 valence electrons. The van der Waals surface area contributed by atoms with Gasteiger partial charge in [0.2, 0.25) is 5.91 Å². The fraction of sp³-hybridized carbons (Fsp3) is 0.600. The predicted molar refractivity (Wildman–Crippen MR) is 114 cm³/mol. The second-order valence-corrected chi connectivity index (χ2v) is 8.86. The smallest absolute Gasteiger partial charge is 0.332 e. The molecular weight excluding hydrogens is 376 g/mol. The number of pyridine rings is 1. The number of thioether (sulfide) groups is 1. The number of aryl methyl sites for hydroxylation is 1. The first-order valence-electron chi connectivity index (χ1n) is 9.51. The molecule has 0 radical (unpaired) electrons. The van der Waals surface area contributed by atoms with E-state index in [9.17, 15) is 14.4 Å². The molecule has 0 bridgehead atoms. The summed E-state index contributed by atoms with van der Waals surface area (Å²) < 4.78 is 2.47. The van der Waals surface area contributed by atoms with Crippen LogP contribution in [0.4, 0.5) is 0 Å². The normalized spacial score (nSPS) is 11.8. The Hall–Kier alpha value is -2.09. The number of carbonyl (C=O) groups excluding carboxylic acids is 1. The summed E-state index contributed by atoms with van der Waals surface area (Å²) in [6, 6.07) is 0.195. The molecule has 0 fully saturated rings. The van der Waals surface area contributed by atoms with Crippen molar-refractivity contribution in [3.05, 3.63) is 32.6 Å². The zero-order valence-corrected chi connectivity index (χ0v) is 18.8. The summed E-state index contributed by atoms with van der Waals surface area (Å²) in [4.78, 5) is 45.0. The Balaban J connectivity index is 2.62. The van der Waals surface area contributed by atoms with Gasteiger partial charge in [0.05, 0.1) is 11.1 Å². The third-order valence-corrected chi connectivity index (χ3v) is 5.93. The lowest BCUT2D eigenvalue weighted by Gasteiger charge is -2.31. The van der Waals surface area contributed by atoms with Crippen LogP contribution in [0, 0.1) is 0 Å². The highest BCUT2D eigenvalue weighted by atomic mass is 32.2. The first-order valence-corrected chi connectivity index (χ1v) is 10.5. The van der Waals surface area contributed by atoms with Gasteiger partial charge in [-0.1, -0.05) is 13.8 Å². The van der Waals surface area contributed by atoms with E-state index in [2.05, 4.69) is 4.98 Å². The summed E-state index contributed by atoms with van der Waals surface area (Å²) >= 11 is 1.35. The molecule has 1 amide bonds. The van der Waals surface area contributed by atoms with E-state index in [0.29, 0.717) is 11.0 Å². The van der Waals surface area contributed by atoms with Gasteiger partial charge in [0, 0.05) is 37.3 Å². The van der Waals surface area contributed by atoms with Gasteiger partial charge in [-0.05, 0) is 39.2 Å². The molecule has 0 aliphatic rings. The van der Waals surface area contributed by atoms with Crippen molar-refractivity contribution < 1.29 is 4.79 Å². The monoisotopic (exact) mass is 406 g/mol. The first-order chi connectivity index (χ1) is 13.0. The number of fused-ring (bicyclic) bond motifs is 1. The number of nitrogens with zero attached hydrogens (tertiary/aromatic N) is 4. The molecule has 8 heteroatoms. The summed E-state index contributed by atoms with van der Waals surface area (Å²) in [6.07, 6.45) is 1.71. The van der Waals surface area contributed by atoms with Gasteiger partial charge in [-0.3, -0.25) is 18.7 Å². The number of rotatable bonds is 6. The lowest BCUT2D eigenvalue weighted by atomic mass is 10.0. The Labute approximate surface area is 169 Å².